The lowest BCUT2D eigenvalue weighted by molar-refractivity contribution is 0.108. The SMILES string of the molecule is CCOCCOc1c2cccc1Cc1cc(CNc3ccc4ccccc4c3)cc(c1OCCOCC)Cc1cccc(c1OCCOCC)Cc1cc(C=O)cc(c1OCCOCC)C2. The first-order chi connectivity index (χ1) is 32.5. The van der Waals surface area contributed by atoms with Gasteiger partial charge in [0.25, 0.3) is 0 Å². The number of ether oxygens (including phenoxy) is 8. The number of aldehydes is 1. The number of hydrogen-bond acceptors (Lipinski definition) is 10. The van der Waals surface area contributed by atoms with Crippen molar-refractivity contribution in [1.82, 2.24) is 0 Å². The first-order valence-electron chi connectivity index (χ1n) is 23.5. The summed E-state index contributed by atoms with van der Waals surface area (Å²) in [5.41, 5.74) is 10.5. The van der Waals surface area contributed by atoms with Gasteiger partial charge in [-0.15, -0.1) is 0 Å². The maximum atomic E-state index is 12.7. The molecule has 8 bridgehead atoms. The highest BCUT2D eigenvalue weighted by molar-refractivity contribution is 5.85. The lowest BCUT2D eigenvalue weighted by Crippen LogP contribution is -2.14. The second-order valence-electron chi connectivity index (χ2n) is 16.1. The highest BCUT2D eigenvalue weighted by Crippen LogP contribution is 2.40. The standard InChI is InChI=1S/C56H65NO9/c1-5-59-21-25-63-53-44-15-11-17-46(53)35-50-31-41(39-58)32-51(56(50)66-28-24-62-8-4)36-47-18-12-16-45(54(47)64-26-22-60-6-2)34-49-30-40(29-48(33-44)55(49)65-27-23-61-7-3)38-57-52-20-19-42-13-9-10-14-43(42)37-52/h9-20,29-32,37,39,57H,5-8,21-28,33-36,38H2,1-4H3. The number of nitrogens with one attached hydrogen (secondary N) is 1. The fraction of sp³-hybridized carbons (Fsp3) is 0.375. The zero-order chi connectivity index (χ0) is 45.9. The van der Waals surface area contributed by atoms with Crippen LogP contribution in [0.5, 0.6) is 23.0 Å². The van der Waals surface area contributed by atoms with Gasteiger partial charge in [0.05, 0.1) is 26.4 Å². The summed E-state index contributed by atoms with van der Waals surface area (Å²) in [7, 11) is 0. The van der Waals surface area contributed by atoms with Gasteiger partial charge in [0.15, 0.2) is 0 Å². The first-order valence-corrected chi connectivity index (χ1v) is 23.5. The molecule has 1 N–H and O–H groups in total. The molecule has 0 aliphatic heterocycles. The Labute approximate surface area is 390 Å². The van der Waals surface area contributed by atoms with Gasteiger partial charge in [-0.2, -0.15) is 0 Å². The van der Waals surface area contributed by atoms with Crippen LogP contribution in [0.2, 0.25) is 0 Å². The summed E-state index contributed by atoms with van der Waals surface area (Å²) >= 11 is 0. The van der Waals surface area contributed by atoms with Crippen LogP contribution >= 0.6 is 0 Å². The molecule has 1 aliphatic carbocycles. The van der Waals surface area contributed by atoms with E-state index >= 15 is 0 Å². The molecule has 0 fully saturated rings. The Hall–Kier alpha value is -5.91. The number of anilines is 1. The summed E-state index contributed by atoms with van der Waals surface area (Å²) < 4.78 is 50.0. The van der Waals surface area contributed by atoms with Crippen LogP contribution in [0.25, 0.3) is 10.8 Å². The van der Waals surface area contributed by atoms with Crippen LogP contribution in [0.4, 0.5) is 5.69 Å². The molecule has 0 atom stereocenters. The predicted molar refractivity (Wildman–Crippen MR) is 262 cm³/mol. The van der Waals surface area contributed by atoms with Crippen molar-refractivity contribution in [1.29, 1.82) is 0 Å². The molecular weight excluding hydrogens is 831 g/mol. The molecule has 0 unspecified atom stereocenters. The average Bonchev–Trinajstić information content (AvgIpc) is 3.33. The Morgan fingerprint density at radius 3 is 1.23 bits per heavy atom. The Morgan fingerprint density at radius 1 is 0.424 bits per heavy atom. The van der Waals surface area contributed by atoms with Crippen LogP contribution < -0.4 is 24.3 Å². The molecule has 0 spiro atoms. The van der Waals surface area contributed by atoms with Gasteiger partial charge in [-0.1, -0.05) is 66.7 Å². The van der Waals surface area contributed by atoms with Crippen LogP contribution in [0.15, 0.2) is 103 Å². The molecule has 348 valence electrons. The highest BCUT2D eigenvalue weighted by atomic mass is 16.5. The van der Waals surface area contributed by atoms with E-state index in [-0.39, 0.29) is 0 Å². The zero-order valence-corrected chi connectivity index (χ0v) is 39.1. The Balaban J connectivity index is 1.42. The summed E-state index contributed by atoms with van der Waals surface area (Å²) in [6, 6.07) is 35.9. The number of para-hydroxylation sites is 2. The normalized spacial score (nSPS) is 12.2. The lowest BCUT2D eigenvalue weighted by atomic mass is 9.89. The third kappa shape index (κ3) is 12.9. The third-order valence-electron chi connectivity index (χ3n) is 11.5. The Kier molecular flexibility index (Phi) is 18.3. The quantitative estimate of drug-likeness (QED) is 0.0466. The van der Waals surface area contributed by atoms with Crippen molar-refractivity contribution in [3.8, 4) is 23.0 Å². The third-order valence-corrected chi connectivity index (χ3v) is 11.5. The number of carbonyl (C=O) groups excluding carboxylic acids is 1. The number of hydrogen-bond donors (Lipinski definition) is 1. The van der Waals surface area contributed by atoms with Gasteiger partial charge in [-0.3, -0.25) is 4.79 Å². The average molecular weight is 896 g/mol. The van der Waals surface area contributed by atoms with Crippen molar-refractivity contribution in [2.45, 2.75) is 59.9 Å². The molecule has 66 heavy (non-hydrogen) atoms. The molecule has 0 aromatic heterocycles. The maximum absolute atomic E-state index is 12.7. The van der Waals surface area contributed by atoms with E-state index in [2.05, 4.69) is 96.3 Å². The van der Waals surface area contributed by atoms with E-state index in [0.717, 1.165) is 85.0 Å². The fourth-order valence-corrected chi connectivity index (χ4v) is 8.59. The van der Waals surface area contributed by atoms with Gasteiger partial charge in [0, 0.05) is 69.9 Å². The van der Waals surface area contributed by atoms with Gasteiger partial charge < -0.3 is 43.2 Å². The molecule has 6 aromatic carbocycles. The minimum absolute atomic E-state index is 0.350. The molecular formula is C56H65NO9. The maximum Gasteiger partial charge on any atom is 0.150 e. The van der Waals surface area contributed by atoms with E-state index in [0.29, 0.717) is 117 Å². The molecule has 1 aliphatic rings. The van der Waals surface area contributed by atoms with E-state index in [1.165, 1.54) is 10.8 Å². The van der Waals surface area contributed by atoms with E-state index < -0.39 is 0 Å². The largest absolute Gasteiger partial charge is 0.491 e. The van der Waals surface area contributed by atoms with Gasteiger partial charge in [0.2, 0.25) is 0 Å². The van der Waals surface area contributed by atoms with Crippen LogP contribution in [-0.2, 0) is 51.2 Å². The monoisotopic (exact) mass is 895 g/mol. The second-order valence-corrected chi connectivity index (χ2v) is 16.1. The molecule has 10 nitrogen and oxygen atoms in total. The van der Waals surface area contributed by atoms with Crippen LogP contribution in [-0.4, -0.2) is 85.6 Å². The summed E-state index contributed by atoms with van der Waals surface area (Å²) in [6.07, 6.45) is 2.86. The van der Waals surface area contributed by atoms with Crippen LogP contribution in [0, 0.1) is 0 Å². The Morgan fingerprint density at radius 2 is 0.818 bits per heavy atom. The summed E-state index contributed by atoms with van der Waals surface area (Å²) in [5.74, 6) is 3.10. The number of benzene rings is 6. The predicted octanol–water partition coefficient (Wildman–Crippen LogP) is 10.6. The topological polar surface area (TPSA) is 103 Å². The van der Waals surface area contributed by atoms with Crippen LogP contribution in [0.3, 0.4) is 0 Å². The van der Waals surface area contributed by atoms with Crippen molar-refractivity contribution >= 4 is 22.7 Å². The smallest absolute Gasteiger partial charge is 0.150 e. The van der Waals surface area contributed by atoms with Crippen molar-refractivity contribution < 1.29 is 42.7 Å². The zero-order valence-electron chi connectivity index (χ0n) is 39.1. The lowest BCUT2D eigenvalue weighted by Gasteiger charge is -2.24. The second kappa shape index (κ2) is 25.1. The molecule has 6 aromatic rings. The van der Waals surface area contributed by atoms with Gasteiger partial charge in [0.1, 0.15) is 55.7 Å². The number of carbonyl (C=O) groups is 1. The highest BCUT2D eigenvalue weighted by Gasteiger charge is 2.23. The molecule has 0 amide bonds. The molecule has 7 rings (SSSR count). The van der Waals surface area contributed by atoms with Gasteiger partial charge in [-0.05, 0) is 125 Å². The van der Waals surface area contributed by atoms with E-state index in [1.54, 1.807) is 0 Å². The number of rotatable bonds is 24. The molecule has 0 saturated carbocycles. The fourth-order valence-electron chi connectivity index (χ4n) is 8.59. The van der Waals surface area contributed by atoms with E-state index in [4.69, 9.17) is 37.9 Å². The van der Waals surface area contributed by atoms with Gasteiger partial charge in [-0.25, -0.2) is 0 Å². The Bertz CT molecular complexity index is 2390. The molecule has 10 heteroatoms. The van der Waals surface area contributed by atoms with Gasteiger partial charge >= 0.3 is 0 Å². The molecule has 0 heterocycles. The summed E-state index contributed by atoms with van der Waals surface area (Å²) in [6.45, 7) is 14.1. The first kappa shape index (κ1) is 48.0. The summed E-state index contributed by atoms with van der Waals surface area (Å²) in [5, 5.41) is 6.11. The van der Waals surface area contributed by atoms with Crippen molar-refractivity contribution in [2.75, 3.05) is 84.6 Å². The van der Waals surface area contributed by atoms with Crippen molar-refractivity contribution in [2.24, 2.45) is 0 Å². The minimum atomic E-state index is 0.350. The molecule has 0 saturated heterocycles. The van der Waals surface area contributed by atoms with E-state index in [9.17, 15) is 4.79 Å². The van der Waals surface area contributed by atoms with E-state index in [1.807, 2.05) is 39.8 Å². The van der Waals surface area contributed by atoms with Crippen molar-refractivity contribution in [3.63, 3.8) is 0 Å². The van der Waals surface area contributed by atoms with Crippen molar-refractivity contribution in [3.05, 3.63) is 159 Å². The number of fused-ring (bicyclic) bond motifs is 9. The van der Waals surface area contributed by atoms with Crippen LogP contribution in [0.1, 0.15) is 88.1 Å². The molecule has 0 radical (unpaired) electrons. The summed E-state index contributed by atoms with van der Waals surface area (Å²) in [4.78, 5) is 12.7. The minimum Gasteiger partial charge on any atom is -0.491 e.